The highest BCUT2D eigenvalue weighted by Gasteiger charge is 2.17. The van der Waals surface area contributed by atoms with Gasteiger partial charge in [0.25, 0.3) is 0 Å². The van der Waals surface area contributed by atoms with Gasteiger partial charge in [0, 0.05) is 12.0 Å². The predicted octanol–water partition coefficient (Wildman–Crippen LogP) is 3.06. The number of benzene rings is 1. The van der Waals surface area contributed by atoms with E-state index in [-0.39, 0.29) is 5.78 Å². The Labute approximate surface area is 126 Å². The number of rotatable bonds is 8. The molecule has 0 saturated carbocycles. The van der Waals surface area contributed by atoms with E-state index < -0.39 is 0 Å². The molecule has 4 nitrogen and oxygen atoms in total. The third-order valence-electron chi connectivity index (χ3n) is 3.81. The average Bonchev–Trinajstić information content (AvgIpc) is 3.00. The van der Waals surface area contributed by atoms with E-state index in [0.29, 0.717) is 42.6 Å². The molecule has 0 radical (unpaired) electrons. The van der Waals surface area contributed by atoms with Crippen LogP contribution in [0.1, 0.15) is 43.5 Å². The zero-order chi connectivity index (χ0) is 15.1. The van der Waals surface area contributed by atoms with Gasteiger partial charge in [-0.25, -0.2) is 0 Å². The quantitative estimate of drug-likeness (QED) is 0.748. The molecule has 1 unspecified atom stereocenters. The van der Waals surface area contributed by atoms with Gasteiger partial charge in [-0.1, -0.05) is 0 Å². The molecule has 116 valence electrons. The second kappa shape index (κ2) is 8.03. The summed E-state index contributed by atoms with van der Waals surface area (Å²) in [5.41, 5.74) is 0.716. The lowest BCUT2D eigenvalue weighted by Crippen LogP contribution is -2.10. The summed E-state index contributed by atoms with van der Waals surface area (Å²) >= 11 is 0. The first-order valence-corrected chi connectivity index (χ1v) is 7.88. The van der Waals surface area contributed by atoms with Crippen LogP contribution in [0.2, 0.25) is 0 Å². The summed E-state index contributed by atoms with van der Waals surface area (Å²) in [6.45, 7) is 7.13. The Balaban J connectivity index is 2.00. The van der Waals surface area contributed by atoms with Crippen molar-refractivity contribution in [3.8, 4) is 11.5 Å². The molecule has 21 heavy (non-hydrogen) atoms. The SMILES string of the molecule is CCOc1ccc(C(=O)CCC2CCNC2)cc1OCC. The molecule has 0 spiro atoms. The molecule has 1 fully saturated rings. The molecule has 0 amide bonds. The molecule has 1 aliphatic rings. The Morgan fingerprint density at radius 3 is 2.67 bits per heavy atom. The summed E-state index contributed by atoms with van der Waals surface area (Å²) in [7, 11) is 0. The zero-order valence-electron chi connectivity index (χ0n) is 13.0. The van der Waals surface area contributed by atoms with Crippen molar-refractivity contribution < 1.29 is 14.3 Å². The summed E-state index contributed by atoms with van der Waals surface area (Å²) in [6, 6.07) is 5.48. The molecule has 1 aliphatic heterocycles. The van der Waals surface area contributed by atoms with E-state index in [4.69, 9.17) is 9.47 Å². The standard InChI is InChI=1S/C17H25NO3/c1-3-20-16-8-6-14(11-17(16)21-4-2)15(19)7-5-13-9-10-18-12-13/h6,8,11,13,18H,3-5,7,9-10,12H2,1-2H3. The largest absolute Gasteiger partial charge is 0.490 e. The monoisotopic (exact) mass is 291 g/mol. The Bertz CT molecular complexity index is 467. The van der Waals surface area contributed by atoms with Gasteiger partial charge in [0.05, 0.1) is 13.2 Å². The van der Waals surface area contributed by atoms with Gasteiger partial charge < -0.3 is 14.8 Å². The number of carbonyl (C=O) groups excluding carboxylic acids is 1. The van der Waals surface area contributed by atoms with Crippen LogP contribution in [0, 0.1) is 5.92 Å². The van der Waals surface area contributed by atoms with Crippen molar-refractivity contribution in [1.82, 2.24) is 5.32 Å². The third kappa shape index (κ3) is 4.46. The molecule has 1 aromatic carbocycles. The molecule has 2 rings (SSSR count). The van der Waals surface area contributed by atoms with Gasteiger partial charge in [-0.3, -0.25) is 4.79 Å². The molecular formula is C17H25NO3. The Morgan fingerprint density at radius 1 is 1.24 bits per heavy atom. The van der Waals surface area contributed by atoms with E-state index in [1.807, 2.05) is 32.0 Å². The summed E-state index contributed by atoms with van der Waals surface area (Å²) in [6.07, 6.45) is 2.75. The van der Waals surface area contributed by atoms with Gasteiger partial charge in [-0.2, -0.15) is 0 Å². The number of ketones is 1. The van der Waals surface area contributed by atoms with E-state index in [1.54, 1.807) is 0 Å². The van der Waals surface area contributed by atoms with Crippen molar-refractivity contribution in [2.24, 2.45) is 5.92 Å². The second-order valence-corrected chi connectivity index (χ2v) is 5.35. The highest BCUT2D eigenvalue weighted by Crippen LogP contribution is 2.29. The van der Waals surface area contributed by atoms with Gasteiger partial charge in [0.2, 0.25) is 0 Å². The average molecular weight is 291 g/mol. The fourth-order valence-corrected chi connectivity index (χ4v) is 2.66. The maximum absolute atomic E-state index is 12.3. The van der Waals surface area contributed by atoms with Gasteiger partial charge >= 0.3 is 0 Å². The van der Waals surface area contributed by atoms with Gasteiger partial charge in [-0.05, 0) is 63.9 Å². The minimum Gasteiger partial charge on any atom is -0.490 e. The Morgan fingerprint density at radius 2 is 2.00 bits per heavy atom. The smallest absolute Gasteiger partial charge is 0.163 e. The highest BCUT2D eigenvalue weighted by molar-refractivity contribution is 5.96. The molecule has 4 heteroatoms. The van der Waals surface area contributed by atoms with Crippen LogP contribution in [-0.4, -0.2) is 32.1 Å². The minimum absolute atomic E-state index is 0.186. The number of nitrogens with one attached hydrogen (secondary N) is 1. The third-order valence-corrected chi connectivity index (χ3v) is 3.81. The van der Waals surface area contributed by atoms with E-state index in [9.17, 15) is 4.79 Å². The first-order valence-electron chi connectivity index (χ1n) is 7.88. The van der Waals surface area contributed by atoms with Crippen molar-refractivity contribution in [2.45, 2.75) is 33.1 Å². The van der Waals surface area contributed by atoms with Crippen LogP contribution in [0.3, 0.4) is 0 Å². The summed E-state index contributed by atoms with van der Waals surface area (Å²) < 4.78 is 11.1. The molecule has 1 heterocycles. The van der Waals surface area contributed by atoms with Gasteiger partial charge in [0.15, 0.2) is 17.3 Å². The second-order valence-electron chi connectivity index (χ2n) is 5.35. The van der Waals surface area contributed by atoms with Crippen molar-refractivity contribution in [1.29, 1.82) is 0 Å². The fraction of sp³-hybridized carbons (Fsp3) is 0.588. The zero-order valence-corrected chi connectivity index (χ0v) is 13.0. The molecule has 1 atom stereocenters. The van der Waals surface area contributed by atoms with E-state index in [1.165, 1.54) is 6.42 Å². The minimum atomic E-state index is 0.186. The van der Waals surface area contributed by atoms with Crippen LogP contribution in [-0.2, 0) is 0 Å². The van der Waals surface area contributed by atoms with Crippen LogP contribution in [0.5, 0.6) is 11.5 Å². The fourth-order valence-electron chi connectivity index (χ4n) is 2.66. The maximum Gasteiger partial charge on any atom is 0.163 e. The van der Waals surface area contributed by atoms with Crippen molar-refractivity contribution >= 4 is 5.78 Å². The van der Waals surface area contributed by atoms with Crippen molar-refractivity contribution in [2.75, 3.05) is 26.3 Å². The first kappa shape index (κ1) is 15.8. The van der Waals surface area contributed by atoms with Crippen LogP contribution in [0.15, 0.2) is 18.2 Å². The number of Topliss-reactive ketones (excluding diaryl/α,β-unsaturated/α-hetero) is 1. The topological polar surface area (TPSA) is 47.6 Å². The maximum atomic E-state index is 12.3. The Kier molecular flexibility index (Phi) is 6.05. The number of hydrogen-bond acceptors (Lipinski definition) is 4. The molecule has 0 aromatic heterocycles. The molecule has 1 saturated heterocycles. The number of ether oxygens (including phenoxy) is 2. The number of hydrogen-bond donors (Lipinski definition) is 1. The summed E-state index contributed by atoms with van der Waals surface area (Å²) in [5, 5.41) is 3.34. The molecule has 1 aromatic rings. The number of carbonyl (C=O) groups is 1. The predicted molar refractivity (Wildman–Crippen MR) is 83.3 cm³/mol. The van der Waals surface area contributed by atoms with E-state index in [0.717, 1.165) is 19.5 Å². The van der Waals surface area contributed by atoms with Crippen LogP contribution >= 0.6 is 0 Å². The lowest BCUT2D eigenvalue weighted by atomic mass is 9.98. The van der Waals surface area contributed by atoms with Gasteiger partial charge in [0.1, 0.15) is 0 Å². The molecule has 0 aliphatic carbocycles. The summed E-state index contributed by atoms with van der Waals surface area (Å²) in [5.74, 6) is 2.19. The Hall–Kier alpha value is -1.55. The lowest BCUT2D eigenvalue weighted by molar-refractivity contribution is 0.0974. The highest BCUT2D eigenvalue weighted by atomic mass is 16.5. The van der Waals surface area contributed by atoms with E-state index >= 15 is 0 Å². The van der Waals surface area contributed by atoms with Gasteiger partial charge in [-0.15, -0.1) is 0 Å². The van der Waals surface area contributed by atoms with Crippen LogP contribution < -0.4 is 14.8 Å². The molecule has 1 N–H and O–H groups in total. The van der Waals surface area contributed by atoms with Crippen LogP contribution in [0.4, 0.5) is 0 Å². The first-order chi connectivity index (χ1) is 10.2. The van der Waals surface area contributed by atoms with Crippen LogP contribution in [0.25, 0.3) is 0 Å². The van der Waals surface area contributed by atoms with Crippen molar-refractivity contribution in [3.63, 3.8) is 0 Å². The molecule has 0 bridgehead atoms. The van der Waals surface area contributed by atoms with E-state index in [2.05, 4.69) is 5.32 Å². The normalized spacial score (nSPS) is 17.7. The summed E-state index contributed by atoms with van der Waals surface area (Å²) in [4.78, 5) is 12.3. The van der Waals surface area contributed by atoms with Crippen molar-refractivity contribution in [3.05, 3.63) is 23.8 Å². The lowest BCUT2D eigenvalue weighted by Gasteiger charge is -2.12. The molecular weight excluding hydrogens is 266 g/mol.